The summed E-state index contributed by atoms with van der Waals surface area (Å²) < 4.78 is 1.81. The summed E-state index contributed by atoms with van der Waals surface area (Å²) >= 11 is 5.86. The molecule has 1 rings (SSSR count). The summed E-state index contributed by atoms with van der Waals surface area (Å²) in [5.74, 6) is -0.210. The van der Waals surface area contributed by atoms with Gasteiger partial charge >= 0.3 is 0 Å². The van der Waals surface area contributed by atoms with Crippen LogP contribution in [0.4, 0.5) is 0 Å². The lowest BCUT2D eigenvalue weighted by atomic mass is 10.3. The molecule has 0 saturated heterocycles. The van der Waals surface area contributed by atoms with Gasteiger partial charge in [0.2, 0.25) is 0 Å². The van der Waals surface area contributed by atoms with Gasteiger partial charge in [-0.05, 0) is 18.0 Å². The standard InChI is InChI=1S/C10H14ClN5O/c1-2-5-16-7-8(11)6-9(16)10(17)13-3-4-14-15-12/h6-7H,2-5H2,1H3,(H,13,17). The van der Waals surface area contributed by atoms with Gasteiger partial charge in [0.25, 0.3) is 5.91 Å². The molecule has 0 fully saturated rings. The molecule has 6 nitrogen and oxygen atoms in total. The number of nitrogens with one attached hydrogen (secondary N) is 1. The smallest absolute Gasteiger partial charge is 0.267 e. The molecular weight excluding hydrogens is 242 g/mol. The molecule has 1 amide bonds. The molecule has 0 aliphatic rings. The van der Waals surface area contributed by atoms with Crippen LogP contribution in [-0.4, -0.2) is 23.6 Å². The summed E-state index contributed by atoms with van der Waals surface area (Å²) in [7, 11) is 0. The van der Waals surface area contributed by atoms with Crippen molar-refractivity contribution in [3.05, 3.63) is 33.4 Å². The van der Waals surface area contributed by atoms with E-state index in [0.717, 1.165) is 13.0 Å². The number of hydrogen-bond acceptors (Lipinski definition) is 2. The Bertz CT molecular complexity index is 436. The Labute approximate surface area is 104 Å². The van der Waals surface area contributed by atoms with Crippen LogP contribution in [0.15, 0.2) is 17.4 Å². The molecule has 0 aliphatic carbocycles. The van der Waals surface area contributed by atoms with Crippen LogP contribution in [0, 0.1) is 0 Å². The Morgan fingerprint density at radius 1 is 1.71 bits per heavy atom. The van der Waals surface area contributed by atoms with Crippen LogP contribution in [0.5, 0.6) is 0 Å². The van der Waals surface area contributed by atoms with E-state index in [1.807, 2.05) is 11.5 Å². The highest BCUT2D eigenvalue weighted by Crippen LogP contribution is 2.14. The highest BCUT2D eigenvalue weighted by atomic mass is 35.5. The van der Waals surface area contributed by atoms with Crippen molar-refractivity contribution in [1.82, 2.24) is 9.88 Å². The van der Waals surface area contributed by atoms with Gasteiger partial charge in [0.05, 0.1) is 5.02 Å². The molecule has 0 bridgehead atoms. The first-order valence-corrected chi connectivity index (χ1v) is 5.71. The highest BCUT2D eigenvalue weighted by molar-refractivity contribution is 6.31. The Hall–Kier alpha value is -1.65. The quantitative estimate of drug-likeness (QED) is 0.360. The first kappa shape index (κ1) is 13.4. The molecule has 0 aliphatic heterocycles. The van der Waals surface area contributed by atoms with E-state index in [1.165, 1.54) is 0 Å². The summed E-state index contributed by atoms with van der Waals surface area (Å²) in [6.45, 7) is 3.32. The Balaban J connectivity index is 2.63. The highest BCUT2D eigenvalue weighted by Gasteiger charge is 2.11. The number of carbonyl (C=O) groups is 1. The molecule has 1 heterocycles. The van der Waals surface area contributed by atoms with E-state index >= 15 is 0 Å². The van der Waals surface area contributed by atoms with Crippen LogP contribution in [0.3, 0.4) is 0 Å². The topological polar surface area (TPSA) is 82.8 Å². The molecule has 0 unspecified atom stereocenters. The zero-order valence-electron chi connectivity index (χ0n) is 9.56. The van der Waals surface area contributed by atoms with E-state index in [9.17, 15) is 4.79 Å². The second-order valence-corrected chi connectivity index (χ2v) is 3.88. The lowest BCUT2D eigenvalue weighted by Crippen LogP contribution is -2.28. The van der Waals surface area contributed by atoms with E-state index in [1.54, 1.807) is 12.3 Å². The van der Waals surface area contributed by atoms with Crippen LogP contribution in [0.1, 0.15) is 23.8 Å². The van der Waals surface area contributed by atoms with E-state index in [-0.39, 0.29) is 12.5 Å². The number of nitrogens with zero attached hydrogens (tertiary/aromatic N) is 4. The third-order valence-corrected chi connectivity index (χ3v) is 2.33. The van der Waals surface area contributed by atoms with Gasteiger partial charge in [-0.1, -0.05) is 23.6 Å². The third kappa shape index (κ3) is 4.01. The first-order valence-electron chi connectivity index (χ1n) is 5.33. The maximum absolute atomic E-state index is 11.8. The van der Waals surface area contributed by atoms with Gasteiger partial charge < -0.3 is 9.88 Å². The Morgan fingerprint density at radius 3 is 3.12 bits per heavy atom. The maximum atomic E-state index is 11.8. The van der Waals surface area contributed by atoms with Crippen LogP contribution in [0.25, 0.3) is 10.4 Å². The molecule has 0 saturated carbocycles. The monoisotopic (exact) mass is 255 g/mol. The van der Waals surface area contributed by atoms with Crippen LogP contribution < -0.4 is 5.32 Å². The number of rotatable bonds is 6. The van der Waals surface area contributed by atoms with Crippen LogP contribution >= 0.6 is 11.6 Å². The van der Waals surface area contributed by atoms with Crippen molar-refractivity contribution in [3.63, 3.8) is 0 Å². The fourth-order valence-electron chi connectivity index (χ4n) is 1.45. The van der Waals surface area contributed by atoms with Crippen molar-refractivity contribution in [2.75, 3.05) is 13.1 Å². The molecule has 1 aromatic heterocycles. The molecule has 0 aromatic carbocycles. The fraction of sp³-hybridized carbons (Fsp3) is 0.500. The summed E-state index contributed by atoms with van der Waals surface area (Å²) in [5, 5.41) is 6.54. The van der Waals surface area contributed by atoms with E-state index in [2.05, 4.69) is 15.3 Å². The average Bonchev–Trinajstić information content (AvgIpc) is 2.66. The van der Waals surface area contributed by atoms with Crippen molar-refractivity contribution >= 4 is 17.5 Å². The molecule has 7 heteroatoms. The number of halogens is 1. The molecule has 17 heavy (non-hydrogen) atoms. The van der Waals surface area contributed by atoms with Gasteiger partial charge in [-0.3, -0.25) is 4.79 Å². The van der Waals surface area contributed by atoms with E-state index < -0.39 is 0 Å². The third-order valence-electron chi connectivity index (χ3n) is 2.12. The fourth-order valence-corrected chi connectivity index (χ4v) is 1.67. The first-order chi connectivity index (χ1) is 8.19. The molecule has 1 N–H and O–H groups in total. The van der Waals surface area contributed by atoms with Crippen molar-refractivity contribution in [3.8, 4) is 0 Å². The lowest BCUT2D eigenvalue weighted by molar-refractivity contribution is 0.0945. The Morgan fingerprint density at radius 2 is 2.47 bits per heavy atom. The largest absolute Gasteiger partial charge is 0.351 e. The van der Waals surface area contributed by atoms with Crippen LogP contribution in [0.2, 0.25) is 5.02 Å². The lowest BCUT2D eigenvalue weighted by Gasteiger charge is -2.07. The van der Waals surface area contributed by atoms with Crippen molar-refractivity contribution in [2.45, 2.75) is 19.9 Å². The van der Waals surface area contributed by atoms with Gasteiger partial charge in [0.15, 0.2) is 0 Å². The minimum atomic E-state index is -0.210. The molecule has 0 radical (unpaired) electrons. The second kappa shape index (κ2) is 6.83. The van der Waals surface area contributed by atoms with E-state index in [0.29, 0.717) is 17.3 Å². The van der Waals surface area contributed by atoms with Gasteiger partial charge in [-0.2, -0.15) is 0 Å². The minimum Gasteiger partial charge on any atom is -0.351 e. The van der Waals surface area contributed by atoms with Gasteiger partial charge in [-0.15, -0.1) is 0 Å². The maximum Gasteiger partial charge on any atom is 0.267 e. The zero-order valence-corrected chi connectivity index (χ0v) is 10.3. The number of aromatic nitrogens is 1. The van der Waals surface area contributed by atoms with Crippen molar-refractivity contribution < 1.29 is 4.79 Å². The predicted octanol–water partition coefficient (Wildman–Crippen LogP) is 2.59. The van der Waals surface area contributed by atoms with Gasteiger partial charge in [-0.25, -0.2) is 0 Å². The number of hydrogen-bond donors (Lipinski definition) is 1. The van der Waals surface area contributed by atoms with Crippen LogP contribution in [-0.2, 0) is 6.54 Å². The zero-order chi connectivity index (χ0) is 12.7. The molecule has 0 spiro atoms. The number of aryl methyl sites for hydroxylation is 1. The summed E-state index contributed by atoms with van der Waals surface area (Å²) in [4.78, 5) is 14.4. The average molecular weight is 256 g/mol. The van der Waals surface area contributed by atoms with Gasteiger partial charge in [0.1, 0.15) is 5.69 Å². The Kier molecular flexibility index (Phi) is 5.39. The van der Waals surface area contributed by atoms with Crippen molar-refractivity contribution in [2.24, 2.45) is 5.11 Å². The van der Waals surface area contributed by atoms with Gasteiger partial charge in [0, 0.05) is 30.7 Å². The minimum absolute atomic E-state index is 0.210. The van der Waals surface area contributed by atoms with E-state index in [4.69, 9.17) is 17.1 Å². The molecular formula is C10H14ClN5O. The number of amides is 1. The summed E-state index contributed by atoms with van der Waals surface area (Å²) in [6, 6.07) is 1.63. The number of azide groups is 1. The predicted molar refractivity (Wildman–Crippen MR) is 66.1 cm³/mol. The van der Waals surface area contributed by atoms with Crippen molar-refractivity contribution in [1.29, 1.82) is 0 Å². The number of carbonyl (C=O) groups excluding carboxylic acids is 1. The molecule has 92 valence electrons. The summed E-state index contributed by atoms with van der Waals surface area (Å²) in [5.41, 5.74) is 8.62. The normalized spacial score (nSPS) is 9.76. The molecule has 1 aromatic rings. The summed E-state index contributed by atoms with van der Waals surface area (Å²) in [6.07, 6.45) is 2.65. The molecule has 0 atom stereocenters. The SMILES string of the molecule is CCCn1cc(Cl)cc1C(=O)NCCN=[N+]=[N-]. The second-order valence-electron chi connectivity index (χ2n) is 3.45.